The molecule has 1 heterocycles. The molecule has 0 radical (unpaired) electrons. The zero-order chi connectivity index (χ0) is 22.3. The van der Waals surface area contributed by atoms with Gasteiger partial charge in [-0.2, -0.15) is 17.6 Å². The Labute approximate surface area is 168 Å². The molecular formula is C19H18F4N2O5. The molecule has 0 aliphatic rings. The third-order valence-corrected chi connectivity index (χ3v) is 4.10. The number of carbonyl (C=O) groups is 2. The molecule has 1 aromatic carbocycles. The van der Waals surface area contributed by atoms with Gasteiger partial charge in [-0.3, -0.25) is 9.78 Å². The monoisotopic (exact) mass is 430 g/mol. The summed E-state index contributed by atoms with van der Waals surface area (Å²) in [7, 11) is 0. The predicted molar refractivity (Wildman–Crippen MR) is 97.2 cm³/mol. The van der Waals surface area contributed by atoms with Gasteiger partial charge in [0.05, 0.1) is 17.4 Å². The van der Waals surface area contributed by atoms with Gasteiger partial charge in [0.25, 0.3) is 0 Å². The maximum atomic E-state index is 12.6. The lowest BCUT2D eigenvalue weighted by Crippen LogP contribution is -2.15. The van der Waals surface area contributed by atoms with E-state index in [0.29, 0.717) is 5.56 Å². The largest absolute Gasteiger partial charge is 0.478 e. The lowest BCUT2D eigenvalue weighted by Gasteiger charge is -2.16. The van der Waals surface area contributed by atoms with Crippen molar-refractivity contribution in [3.05, 3.63) is 47.8 Å². The molecule has 1 aromatic heterocycles. The van der Waals surface area contributed by atoms with Gasteiger partial charge in [-0.05, 0) is 36.1 Å². The third kappa shape index (κ3) is 6.61. The van der Waals surface area contributed by atoms with E-state index in [-0.39, 0.29) is 30.0 Å². The first kappa shape index (κ1) is 22.9. The number of pyridine rings is 1. The van der Waals surface area contributed by atoms with E-state index in [0.717, 1.165) is 12.1 Å². The summed E-state index contributed by atoms with van der Waals surface area (Å²) in [5, 5.41) is 11.6. The molecule has 0 fully saturated rings. The summed E-state index contributed by atoms with van der Waals surface area (Å²) in [6, 6.07) is 4.89. The fraction of sp³-hybridized carbons (Fsp3) is 0.316. The summed E-state index contributed by atoms with van der Waals surface area (Å²) >= 11 is 0. The van der Waals surface area contributed by atoms with E-state index in [4.69, 9.17) is 5.11 Å². The van der Waals surface area contributed by atoms with Crippen molar-refractivity contribution >= 4 is 17.6 Å². The Morgan fingerprint density at radius 1 is 1.10 bits per heavy atom. The minimum Gasteiger partial charge on any atom is -0.478 e. The maximum absolute atomic E-state index is 12.6. The number of aromatic nitrogens is 1. The van der Waals surface area contributed by atoms with E-state index < -0.39 is 36.6 Å². The van der Waals surface area contributed by atoms with Crippen LogP contribution in [0.25, 0.3) is 0 Å². The van der Waals surface area contributed by atoms with Gasteiger partial charge in [0.1, 0.15) is 0 Å². The first-order chi connectivity index (χ1) is 14.2. The van der Waals surface area contributed by atoms with Gasteiger partial charge in [-0.25, -0.2) is 4.79 Å². The third-order valence-electron chi connectivity index (χ3n) is 4.10. The van der Waals surface area contributed by atoms with Gasteiger partial charge in [0.2, 0.25) is 5.91 Å². The second kappa shape index (κ2) is 10.4. The minimum absolute atomic E-state index is 0.0184. The van der Waals surface area contributed by atoms with Crippen LogP contribution in [0.3, 0.4) is 0 Å². The highest BCUT2D eigenvalue weighted by atomic mass is 19.3. The van der Waals surface area contributed by atoms with Crippen molar-refractivity contribution in [2.75, 3.05) is 5.32 Å². The molecule has 2 aromatic rings. The van der Waals surface area contributed by atoms with Gasteiger partial charge < -0.3 is 19.9 Å². The molecule has 7 nitrogen and oxygen atoms in total. The van der Waals surface area contributed by atoms with Crippen LogP contribution in [0.4, 0.5) is 23.2 Å². The number of amides is 1. The molecule has 2 N–H and O–H groups in total. The molecule has 0 saturated heterocycles. The highest BCUT2D eigenvalue weighted by molar-refractivity contribution is 6.00. The molecule has 11 heteroatoms. The van der Waals surface area contributed by atoms with Crippen molar-refractivity contribution in [3.8, 4) is 11.5 Å². The summed E-state index contributed by atoms with van der Waals surface area (Å²) in [5.41, 5.74) is 0.395. The Bertz CT molecular complexity index is 895. The zero-order valence-electron chi connectivity index (χ0n) is 15.6. The SMILES string of the molecule is CC(CCC(=O)Nc1cnccc1C(=O)O)c1ccc(OC(F)F)c(OC(F)F)c1. The molecule has 1 atom stereocenters. The summed E-state index contributed by atoms with van der Waals surface area (Å²) in [6.07, 6.45) is 2.73. The number of carboxylic acid groups (broad SMARTS) is 1. The fourth-order valence-electron chi connectivity index (χ4n) is 2.62. The normalized spacial score (nSPS) is 12.0. The molecule has 0 spiro atoms. The molecule has 30 heavy (non-hydrogen) atoms. The second-order valence-corrected chi connectivity index (χ2v) is 6.18. The number of carbonyl (C=O) groups excluding carboxylic acids is 1. The zero-order valence-corrected chi connectivity index (χ0v) is 15.6. The van der Waals surface area contributed by atoms with Crippen LogP contribution in [0.2, 0.25) is 0 Å². The van der Waals surface area contributed by atoms with Crippen LogP contribution in [-0.4, -0.2) is 35.2 Å². The van der Waals surface area contributed by atoms with Crippen LogP contribution in [0, 0.1) is 0 Å². The van der Waals surface area contributed by atoms with Crippen LogP contribution in [0.5, 0.6) is 11.5 Å². The quantitative estimate of drug-likeness (QED) is 0.539. The number of nitrogens with one attached hydrogen (secondary N) is 1. The summed E-state index contributed by atoms with van der Waals surface area (Å²) in [4.78, 5) is 27.1. The Morgan fingerprint density at radius 2 is 1.77 bits per heavy atom. The number of nitrogens with zero attached hydrogens (tertiary/aromatic N) is 1. The van der Waals surface area contributed by atoms with E-state index in [1.807, 2.05) is 0 Å². The number of aromatic carboxylic acids is 1. The van der Waals surface area contributed by atoms with Gasteiger partial charge in [0.15, 0.2) is 11.5 Å². The number of ether oxygens (including phenoxy) is 2. The average molecular weight is 430 g/mol. The molecule has 162 valence electrons. The number of halogens is 4. The molecule has 1 unspecified atom stereocenters. The number of anilines is 1. The summed E-state index contributed by atoms with van der Waals surface area (Å²) in [5.74, 6) is -3.10. The fourth-order valence-corrected chi connectivity index (χ4v) is 2.62. The van der Waals surface area contributed by atoms with Crippen molar-refractivity contribution in [1.82, 2.24) is 4.98 Å². The van der Waals surface area contributed by atoms with Gasteiger partial charge >= 0.3 is 19.2 Å². The highest BCUT2D eigenvalue weighted by Gasteiger charge is 2.18. The molecule has 0 aliphatic carbocycles. The van der Waals surface area contributed by atoms with Crippen LogP contribution in [0.1, 0.15) is 41.6 Å². The topological polar surface area (TPSA) is 97.8 Å². The van der Waals surface area contributed by atoms with E-state index >= 15 is 0 Å². The Kier molecular flexibility index (Phi) is 7.96. The van der Waals surface area contributed by atoms with E-state index in [1.165, 1.54) is 24.5 Å². The van der Waals surface area contributed by atoms with Crippen LogP contribution < -0.4 is 14.8 Å². The van der Waals surface area contributed by atoms with Crippen molar-refractivity contribution in [1.29, 1.82) is 0 Å². The summed E-state index contributed by atoms with van der Waals surface area (Å²) in [6.45, 7) is -4.74. The van der Waals surface area contributed by atoms with Crippen molar-refractivity contribution in [3.63, 3.8) is 0 Å². The van der Waals surface area contributed by atoms with E-state index in [9.17, 15) is 27.2 Å². The number of alkyl halides is 4. The Morgan fingerprint density at radius 3 is 2.40 bits per heavy atom. The first-order valence-electron chi connectivity index (χ1n) is 8.68. The average Bonchev–Trinajstić information content (AvgIpc) is 2.67. The van der Waals surface area contributed by atoms with Crippen molar-refractivity contribution in [2.45, 2.75) is 38.9 Å². The maximum Gasteiger partial charge on any atom is 0.387 e. The molecule has 2 rings (SSSR count). The number of carboxylic acids is 1. The summed E-state index contributed by atoms with van der Waals surface area (Å²) < 4.78 is 58.3. The van der Waals surface area contributed by atoms with Crippen LogP contribution in [0.15, 0.2) is 36.7 Å². The first-order valence-corrected chi connectivity index (χ1v) is 8.68. The molecule has 0 saturated carbocycles. The van der Waals surface area contributed by atoms with Crippen LogP contribution >= 0.6 is 0 Å². The lowest BCUT2D eigenvalue weighted by molar-refractivity contribution is -0.116. The highest BCUT2D eigenvalue weighted by Crippen LogP contribution is 2.34. The molecular weight excluding hydrogens is 412 g/mol. The minimum atomic E-state index is -3.23. The van der Waals surface area contributed by atoms with Gasteiger partial charge in [-0.15, -0.1) is 0 Å². The number of rotatable bonds is 10. The Balaban J connectivity index is 2.04. The number of hydrogen-bond acceptors (Lipinski definition) is 5. The van der Waals surface area contributed by atoms with Gasteiger partial charge in [-0.1, -0.05) is 13.0 Å². The van der Waals surface area contributed by atoms with Crippen molar-refractivity contribution < 1.29 is 41.7 Å². The van der Waals surface area contributed by atoms with E-state index in [2.05, 4.69) is 19.8 Å². The van der Waals surface area contributed by atoms with Gasteiger partial charge in [0, 0.05) is 12.6 Å². The lowest BCUT2D eigenvalue weighted by atomic mass is 9.95. The standard InChI is InChI=1S/C19H18F4N2O5/c1-10(2-5-16(26)25-13-9-24-7-6-12(13)17(27)28)11-3-4-14(29-18(20)21)15(8-11)30-19(22)23/h3-4,6-10,18-19H,2,5H2,1H3,(H,25,26)(H,27,28). The van der Waals surface area contributed by atoms with Crippen LogP contribution in [-0.2, 0) is 4.79 Å². The second-order valence-electron chi connectivity index (χ2n) is 6.18. The molecule has 0 bridgehead atoms. The van der Waals surface area contributed by atoms with Crippen molar-refractivity contribution in [2.24, 2.45) is 0 Å². The smallest absolute Gasteiger partial charge is 0.387 e. The predicted octanol–water partition coefficient (Wildman–Crippen LogP) is 4.51. The molecule has 0 aliphatic heterocycles. The molecule has 1 amide bonds. The Hall–Kier alpha value is -3.37. The number of hydrogen-bond donors (Lipinski definition) is 2. The van der Waals surface area contributed by atoms with E-state index in [1.54, 1.807) is 6.92 Å². The number of benzene rings is 1.